The van der Waals surface area contributed by atoms with E-state index in [1.54, 1.807) is 36.5 Å². The summed E-state index contributed by atoms with van der Waals surface area (Å²) in [4.78, 5) is 50.3. The highest BCUT2D eigenvalue weighted by atomic mass is 16.5. The summed E-state index contributed by atoms with van der Waals surface area (Å²) in [6.07, 6.45) is 7.58. The van der Waals surface area contributed by atoms with E-state index in [2.05, 4.69) is 19.9 Å². The van der Waals surface area contributed by atoms with E-state index in [4.69, 9.17) is 19.6 Å². The zero-order valence-corrected chi connectivity index (χ0v) is 25.2. The van der Waals surface area contributed by atoms with Crippen molar-refractivity contribution in [1.29, 1.82) is 0 Å². The number of carbonyl (C=O) groups excluding carboxylic acids is 2. The Morgan fingerprint density at radius 2 is 1.91 bits per heavy atom. The molecule has 5 aromatic rings. The van der Waals surface area contributed by atoms with Crippen LogP contribution in [0.4, 0.5) is 0 Å². The molecule has 0 radical (unpaired) electrons. The number of amides is 1. The Labute approximate surface area is 259 Å². The predicted octanol–water partition coefficient (Wildman–Crippen LogP) is 5.37. The number of methoxy groups -OCH3 is 1. The fourth-order valence-corrected chi connectivity index (χ4v) is 6.27. The Morgan fingerprint density at radius 3 is 2.64 bits per heavy atom. The van der Waals surface area contributed by atoms with E-state index < -0.39 is 30.5 Å². The molecule has 1 fully saturated rings. The molecule has 11 heteroatoms. The summed E-state index contributed by atoms with van der Waals surface area (Å²) in [5.74, 6) is -0.933. The maximum absolute atomic E-state index is 13.6. The standard InChI is InChI=1S/C34H35N5O6/c1-20-24(25-17-23(45-19-31(40)41)12-13-26(25)36-20)18-29(34(43)44-2)38-33(42)21-11-14-30-28(16-21)37-32(27-10-6-7-15-35-27)39(30)22-8-4-3-5-9-22/h6-7,10-17,22,29,36H,3-5,8-9,18-19H2,1-2H3,(H,38,42)(H,40,41)/t29-/m0/s1. The average molecular weight is 610 g/mol. The lowest BCUT2D eigenvalue weighted by molar-refractivity contribution is -0.143. The molecular formula is C34H35N5O6. The van der Waals surface area contributed by atoms with Gasteiger partial charge >= 0.3 is 11.9 Å². The van der Waals surface area contributed by atoms with Gasteiger partial charge in [0.25, 0.3) is 5.91 Å². The van der Waals surface area contributed by atoms with Crippen molar-refractivity contribution >= 4 is 39.8 Å². The van der Waals surface area contributed by atoms with Crippen LogP contribution in [0.1, 0.15) is 59.8 Å². The van der Waals surface area contributed by atoms with Gasteiger partial charge in [0.2, 0.25) is 0 Å². The quantitative estimate of drug-likeness (QED) is 0.179. The minimum atomic E-state index is -1.08. The zero-order valence-electron chi connectivity index (χ0n) is 25.2. The second-order valence-corrected chi connectivity index (χ2v) is 11.4. The van der Waals surface area contributed by atoms with E-state index in [9.17, 15) is 14.4 Å². The monoisotopic (exact) mass is 609 g/mol. The normalized spacial score (nSPS) is 14.4. The number of nitrogens with zero attached hydrogens (tertiary/aromatic N) is 3. The van der Waals surface area contributed by atoms with Gasteiger partial charge in [-0.2, -0.15) is 0 Å². The highest BCUT2D eigenvalue weighted by Crippen LogP contribution is 2.36. The van der Waals surface area contributed by atoms with Crippen molar-refractivity contribution in [3.8, 4) is 17.3 Å². The molecule has 0 aliphatic heterocycles. The molecule has 3 N–H and O–H groups in total. The second kappa shape index (κ2) is 12.8. The molecule has 1 atom stereocenters. The SMILES string of the molecule is COC(=O)[C@H](Cc1c(C)[nH]c2ccc(OCC(=O)O)cc12)NC(=O)c1ccc2c(c1)nc(-c1ccccn1)n2C1CCCCC1. The van der Waals surface area contributed by atoms with Crippen molar-refractivity contribution in [3.05, 3.63) is 77.6 Å². The topological polar surface area (TPSA) is 148 Å². The van der Waals surface area contributed by atoms with E-state index in [0.717, 1.165) is 64.9 Å². The molecule has 1 aliphatic carbocycles. The number of fused-ring (bicyclic) bond motifs is 2. The van der Waals surface area contributed by atoms with Gasteiger partial charge in [0.05, 0.1) is 18.1 Å². The van der Waals surface area contributed by atoms with E-state index in [1.165, 1.54) is 13.5 Å². The summed E-state index contributed by atoms with van der Waals surface area (Å²) < 4.78 is 12.7. The molecule has 6 rings (SSSR count). The number of aliphatic carboxylic acids is 1. The van der Waals surface area contributed by atoms with Crippen LogP contribution in [0.5, 0.6) is 5.75 Å². The number of carboxylic acids is 1. The van der Waals surface area contributed by atoms with Crippen LogP contribution in [0.2, 0.25) is 0 Å². The predicted molar refractivity (Wildman–Crippen MR) is 168 cm³/mol. The van der Waals surface area contributed by atoms with E-state index in [-0.39, 0.29) is 6.42 Å². The van der Waals surface area contributed by atoms with E-state index >= 15 is 0 Å². The lowest BCUT2D eigenvalue weighted by Gasteiger charge is -2.25. The number of carbonyl (C=O) groups is 3. The Balaban J connectivity index is 1.29. The molecule has 0 bridgehead atoms. The number of benzene rings is 2. The number of pyridine rings is 1. The molecule has 0 saturated heterocycles. The number of rotatable bonds is 10. The minimum absolute atomic E-state index is 0.148. The second-order valence-electron chi connectivity index (χ2n) is 11.4. The lowest BCUT2D eigenvalue weighted by atomic mass is 9.95. The molecule has 11 nitrogen and oxygen atoms in total. The lowest BCUT2D eigenvalue weighted by Crippen LogP contribution is -2.43. The Morgan fingerprint density at radius 1 is 1.09 bits per heavy atom. The highest BCUT2D eigenvalue weighted by Gasteiger charge is 2.27. The number of hydrogen-bond acceptors (Lipinski definition) is 7. The summed E-state index contributed by atoms with van der Waals surface area (Å²) in [6, 6.07) is 15.7. The van der Waals surface area contributed by atoms with Gasteiger partial charge in [-0.1, -0.05) is 25.3 Å². The summed E-state index contributed by atoms with van der Waals surface area (Å²) in [5, 5.41) is 12.6. The first kappa shape index (κ1) is 29.9. The van der Waals surface area contributed by atoms with Gasteiger partial charge in [0, 0.05) is 40.8 Å². The van der Waals surface area contributed by atoms with Crippen molar-refractivity contribution in [2.75, 3.05) is 13.7 Å². The van der Waals surface area contributed by atoms with Crippen LogP contribution in [-0.2, 0) is 20.7 Å². The first-order valence-electron chi connectivity index (χ1n) is 15.1. The fraction of sp³-hybridized carbons (Fsp3) is 0.324. The first-order valence-corrected chi connectivity index (χ1v) is 15.1. The third-order valence-electron chi connectivity index (χ3n) is 8.44. The Hall–Kier alpha value is -5.19. The van der Waals surface area contributed by atoms with Gasteiger partial charge in [0.1, 0.15) is 17.5 Å². The molecule has 1 saturated carbocycles. The number of ether oxygens (including phenoxy) is 2. The Kier molecular flexibility index (Phi) is 8.50. The average Bonchev–Trinajstić information content (AvgIpc) is 3.60. The smallest absolute Gasteiger partial charge is 0.341 e. The molecule has 3 aromatic heterocycles. The summed E-state index contributed by atoms with van der Waals surface area (Å²) in [7, 11) is 1.28. The van der Waals surface area contributed by atoms with Crippen LogP contribution in [-0.4, -0.2) is 62.2 Å². The molecular weight excluding hydrogens is 574 g/mol. The maximum atomic E-state index is 13.6. The number of aryl methyl sites for hydroxylation is 1. The molecule has 0 spiro atoms. The molecule has 45 heavy (non-hydrogen) atoms. The number of aromatic nitrogens is 4. The summed E-state index contributed by atoms with van der Waals surface area (Å²) in [5.41, 5.74) is 5.16. The van der Waals surface area contributed by atoms with Crippen LogP contribution in [0.15, 0.2) is 60.8 Å². The number of carboxylic acid groups (broad SMARTS) is 1. The number of nitrogens with one attached hydrogen (secondary N) is 2. The molecule has 232 valence electrons. The molecule has 2 aromatic carbocycles. The van der Waals surface area contributed by atoms with Crippen LogP contribution in [0.25, 0.3) is 33.5 Å². The van der Waals surface area contributed by atoms with E-state index in [0.29, 0.717) is 22.9 Å². The number of aromatic amines is 1. The van der Waals surface area contributed by atoms with Gasteiger partial charge in [-0.05, 0) is 73.9 Å². The van der Waals surface area contributed by atoms with Gasteiger partial charge in [-0.25, -0.2) is 14.6 Å². The van der Waals surface area contributed by atoms with Crippen molar-refractivity contribution in [2.45, 2.75) is 57.5 Å². The first-order chi connectivity index (χ1) is 21.8. The van der Waals surface area contributed by atoms with Crippen molar-refractivity contribution in [3.63, 3.8) is 0 Å². The summed E-state index contributed by atoms with van der Waals surface area (Å²) in [6.45, 7) is 1.40. The van der Waals surface area contributed by atoms with Crippen molar-refractivity contribution < 1.29 is 29.0 Å². The third kappa shape index (κ3) is 6.24. The molecule has 1 amide bonds. The van der Waals surface area contributed by atoms with Gasteiger partial charge < -0.3 is 29.4 Å². The number of imidazole rings is 1. The largest absolute Gasteiger partial charge is 0.482 e. The van der Waals surface area contributed by atoms with Crippen molar-refractivity contribution in [2.24, 2.45) is 0 Å². The van der Waals surface area contributed by atoms with Gasteiger partial charge in [0.15, 0.2) is 12.4 Å². The van der Waals surface area contributed by atoms with Crippen LogP contribution in [0.3, 0.4) is 0 Å². The summed E-state index contributed by atoms with van der Waals surface area (Å²) >= 11 is 0. The maximum Gasteiger partial charge on any atom is 0.341 e. The number of hydrogen-bond donors (Lipinski definition) is 3. The van der Waals surface area contributed by atoms with Crippen LogP contribution >= 0.6 is 0 Å². The van der Waals surface area contributed by atoms with Crippen molar-refractivity contribution in [1.82, 2.24) is 24.8 Å². The van der Waals surface area contributed by atoms with Gasteiger partial charge in [-0.3, -0.25) is 9.78 Å². The minimum Gasteiger partial charge on any atom is -0.482 e. The number of H-pyrrole nitrogens is 1. The molecule has 0 unspecified atom stereocenters. The van der Waals surface area contributed by atoms with Crippen LogP contribution < -0.4 is 10.1 Å². The van der Waals surface area contributed by atoms with E-state index in [1.807, 2.05) is 31.2 Å². The third-order valence-corrected chi connectivity index (χ3v) is 8.44. The van der Waals surface area contributed by atoms with Crippen LogP contribution in [0, 0.1) is 6.92 Å². The zero-order chi connectivity index (χ0) is 31.5. The molecule has 1 aliphatic rings. The number of esters is 1. The highest BCUT2D eigenvalue weighted by molar-refractivity contribution is 6.00. The fourth-order valence-electron chi connectivity index (χ4n) is 6.27. The Bertz CT molecular complexity index is 1870. The van der Waals surface area contributed by atoms with Gasteiger partial charge in [-0.15, -0.1) is 0 Å². The molecule has 3 heterocycles.